The SMILES string of the molecule is COc1ccccc1OCC(=O)Oc1ccccc1C(C)(C)C. The second kappa shape index (κ2) is 7.18. The Bertz CT molecular complexity index is 671. The maximum absolute atomic E-state index is 12.1. The summed E-state index contributed by atoms with van der Waals surface area (Å²) in [6.07, 6.45) is 0. The van der Waals surface area contributed by atoms with Crippen LogP contribution in [0.15, 0.2) is 48.5 Å². The first-order valence-electron chi connectivity index (χ1n) is 7.48. The maximum atomic E-state index is 12.1. The molecule has 0 aliphatic rings. The Morgan fingerprint density at radius 3 is 2.09 bits per heavy atom. The fourth-order valence-electron chi connectivity index (χ4n) is 2.20. The topological polar surface area (TPSA) is 44.8 Å². The normalized spacial score (nSPS) is 11.0. The number of carbonyl (C=O) groups is 1. The second-order valence-electron chi connectivity index (χ2n) is 6.16. The van der Waals surface area contributed by atoms with Gasteiger partial charge in [0.25, 0.3) is 0 Å². The molecule has 122 valence electrons. The maximum Gasteiger partial charge on any atom is 0.349 e. The van der Waals surface area contributed by atoms with E-state index in [0.29, 0.717) is 17.2 Å². The summed E-state index contributed by atoms with van der Waals surface area (Å²) in [5.74, 6) is 1.20. The van der Waals surface area contributed by atoms with E-state index in [0.717, 1.165) is 5.56 Å². The third kappa shape index (κ3) is 4.49. The van der Waals surface area contributed by atoms with Gasteiger partial charge < -0.3 is 14.2 Å². The molecule has 2 rings (SSSR count). The van der Waals surface area contributed by atoms with Crippen molar-refractivity contribution in [1.82, 2.24) is 0 Å². The van der Waals surface area contributed by atoms with Crippen LogP contribution in [0.1, 0.15) is 26.3 Å². The highest BCUT2D eigenvalue weighted by molar-refractivity contribution is 5.74. The lowest BCUT2D eigenvalue weighted by Gasteiger charge is -2.22. The van der Waals surface area contributed by atoms with Crippen molar-refractivity contribution in [2.75, 3.05) is 13.7 Å². The number of hydrogen-bond donors (Lipinski definition) is 0. The molecular weight excluding hydrogens is 292 g/mol. The van der Waals surface area contributed by atoms with E-state index in [1.165, 1.54) is 0 Å². The standard InChI is InChI=1S/C19H22O4/c1-19(2,3)14-9-5-6-10-15(14)23-18(20)13-22-17-12-8-7-11-16(17)21-4/h5-12H,13H2,1-4H3. The number of hydrogen-bond acceptors (Lipinski definition) is 4. The molecule has 0 unspecified atom stereocenters. The molecule has 0 saturated heterocycles. The fourth-order valence-corrected chi connectivity index (χ4v) is 2.20. The molecule has 4 heteroatoms. The highest BCUT2D eigenvalue weighted by Crippen LogP contribution is 2.31. The van der Waals surface area contributed by atoms with Crippen molar-refractivity contribution >= 4 is 5.97 Å². The van der Waals surface area contributed by atoms with Crippen LogP contribution in [-0.2, 0) is 10.2 Å². The minimum Gasteiger partial charge on any atom is -0.493 e. The van der Waals surface area contributed by atoms with Crippen LogP contribution in [0, 0.1) is 0 Å². The van der Waals surface area contributed by atoms with Gasteiger partial charge in [0.2, 0.25) is 0 Å². The van der Waals surface area contributed by atoms with Crippen molar-refractivity contribution < 1.29 is 19.0 Å². The summed E-state index contributed by atoms with van der Waals surface area (Å²) in [5, 5.41) is 0. The summed E-state index contributed by atoms with van der Waals surface area (Å²) >= 11 is 0. The van der Waals surface area contributed by atoms with Crippen molar-refractivity contribution in [3.63, 3.8) is 0 Å². The predicted molar refractivity (Wildman–Crippen MR) is 89.3 cm³/mol. The lowest BCUT2D eigenvalue weighted by molar-refractivity contribution is -0.136. The molecule has 0 aliphatic heterocycles. The zero-order chi connectivity index (χ0) is 16.9. The number of ether oxygens (including phenoxy) is 3. The first-order valence-corrected chi connectivity index (χ1v) is 7.48. The number of esters is 1. The Labute approximate surface area is 137 Å². The summed E-state index contributed by atoms with van der Waals surface area (Å²) in [4.78, 5) is 12.1. The molecule has 2 aromatic rings. The van der Waals surface area contributed by atoms with Crippen LogP contribution in [0.4, 0.5) is 0 Å². The Morgan fingerprint density at radius 1 is 0.913 bits per heavy atom. The molecule has 0 aliphatic carbocycles. The molecule has 0 saturated carbocycles. The summed E-state index contributed by atoms with van der Waals surface area (Å²) in [6, 6.07) is 14.7. The Balaban J connectivity index is 2.04. The summed E-state index contributed by atoms with van der Waals surface area (Å²) < 4.78 is 16.1. The number of methoxy groups -OCH3 is 1. The zero-order valence-electron chi connectivity index (χ0n) is 14.0. The van der Waals surface area contributed by atoms with Crippen molar-refractivity contribution in [1.29, 1.82) is 0 Å². The Kier molecular flexibility index (Phi) is 5.27. The van der Waals surface area contributed by atoms with Crippen LogP contribution in [-0.4, -0.2) is 19.7 Å². The van der Waals surface area contributed by atoms with Crippen LogP contribution in [0.5, 0.6) is 17.2 Å². The first kappa shape index (κ1) is 16.9. The van der Waals surface area contributed by atoms with Gasteiger partial charge in [-0.3, -0.25) is 0 Å². The van der Waals surface area contributed by atoms with Crippen LogP contribution < -0.4 is 14.2 Å². The lowest BCUT2D eigenvalue weighted by Crippen LogP contribution is -2.21. The van der Waals surface area contributed by atoms with Gasteiger partial charge in [-0.2, -0.15) is 0 Å². The average Bonchev–Trinajstić information content (AvgIpc) is 2.52. The fraction of sp³-hybridized carbons (Fsp3) is 0.316. The van der Waals surface area contributed by atoms with Gasteiger partial charge in [0.15, 0.2) is 18.1 Å². The first-order chi connectivity index (χ1) is 10.9. The molecule has 2 aromatic carbocycles. The number of rotatable bonds is 5. The van der Waals surface area contributed by atoms with Gasteiger partial charge in [0.05, 0.1) is 7.11 Å². The van der Waals surface area contributed by atoms with E-state index in [2.05, 4.69) is 20.8 Å². The minimum atomic E-state index is -0.451. The van der Waals surface area contributed by atoms with E-state index in [-0.39, 0.29) is 12.0 Å². The van der Waals surface area contributed by atoms with E-state index in [9.17, 15) is 4.79 Å². The monoisotopic (exact) mass is 314 g/mol. The van der Waals surface area contributed by atoms with Crippen molar-refractivity contribution in [3.8, 4) is 17.2 Å². The van der Waals surface area contributed by atoms with Crippen molar-refractivity contribution in [2.45, 2.75) is 26.2 Å². The largest absolute Gasteiger partial charge is 0.493 e. The lowest BCUT2D eigenvalue weighted by atomic mass is 9.86. The predicted octanol–water partition coefficient (Wildman–Crippen LogP) is 3.98. The van der Waals surface area contributed by atoms with E-state index in [1.54, 1.807) is 25.3 Å². The number of para-hydroxylation sites is 3. The second-order valence-corrected chi connectivity index (χ2v) is 6.16. The molecule has 0 fully saturated rings. The Hall–Kier alpha value is -2.49. The zero-order valence-corrected chi connectivity index (χ0v) is 14.0. The van der Waals surface area contributed by atoms with Gasteiger partial charge in [0, 0.05) is 5.56 Å². The van der Waals surface area contributed by atoms with Gasteiger partial charge in [0.1, 0.15) is 5.75 Å². The Morgan fingerprint density at radius 2 is 1.48 bits per heavy atom. The van der Waals surface area contributed by atoms with Crippen molar-refractivity contribution in [3.05, 3.63) is 54.1 Å². The molecule has 0 heterocycles. The molecule has 0 atom stereocenters. The summed E-state index contributed by atoms with van der Waals surface area (Å²) in [6.45, 7) is 6.04. The molecule has 23 heavy (non-hydrogen) atoms. The smallest absolute Gasteiger partial charge is 0.349 e. The molecule has 0 spiro atoms. The summed E-state index contributed by atoms with van der Waals surface area (Å²) in [5.41, 5.74) is 0.867. The van der Waals surface area contributed by atoms with Crippen LogP contribution in [0.3, 0.4) is 0 Å². The molecule has 0 aromatic heterocycles. The minimum absolute atomic E-state index is 0.111. The van der Waals surface area contributed by atoms with Crippen molar-refractivity contribution in [2.24, 2.45) is 0 Å². The van der Waals surface area contributed by atoms with Gasteiger partial charge in [-0.05, 0) is 23.6 Å². The van der Waals surface area contributed by atoms with Crippen LogP contribution in [0.2, 0.25) is 0 Å². The van der Waals surface area contributed by atoms with E-state index >= 15 is 0 Å². The third-order valence-electron chi connectivity index (χ3n) is 3.33. The van der Waals surface area contributed by atoms with Crippen LogP contribution >= 0.6 is 0 Å². The third-order valence-corrected chi connectivity index (χ3v) is 3.33. The van der Waals surface area contributed by atoms with Gasteiger partial charge in [-0.15, -0.1) is 0 Å². The number of benzene rings is 2. The van der Waals surface area contributed by atoms with Gasteiger partial charge in [-0.25, -0.2) is 4.79 Å². The molecule has 0 bridgehead atoms. The quantitative estimate of drug-likeness (QED) is 0.618. The number of carbonyl (C=O) groups excluding carboxylic acids is 1. The average molecular weight is 314 g/mol. The van der Waals surface area contributed by atoms with E-state index < -0.39 is 5.97 Å². The van der Waals surface area contributed by atoms with Crippen LogP contribution in [0.25, 0.3) is 0 Å². The molecule has 0 radical (unpaired) electrons. The highest BCUT2D eigenvalue weighted by atomic mass is 16.6. The van der Waals surface area contributed by atoms with E-state index in [1.807, 2.05) is 30.3 Å². The molecule has 4 nitrogen and oxygen atoms in total. The molecule has 0 amide bonds. The van der Waals surface area contributed by atoms with Gasteiger partial charge >= 0.3 is 5.97 Å². The summed E-state index contributed by atoms with van der Waals surface area (Å²) in [7, 11) is 1.56. The molecular formula is C19H22O4. The highest BCUT2D eigenvalue weighted by Gasteiger charge is 2.20. The molecule has 0 N–H and O–H groups in total. The van der Waals surface area contributed by atoms with E-state index in [4.69, 9.17) is 14.2 Å². The van der Waals surface area contributed by atoms with Gasteiger partial charge in [-0.1, -0.05) is 51.1 Å².